The molecule has 0 aliphatic heterocycles. The van der Waals surface area contributed by atoms with Crippen molar-refractivity contribution in [2.24, 2.45) is 5.92 Å². The fourth-order valence-electron chi connectivity index (χ4n) is 1.55. The van der Waals surface area contributed by atoms with E-state index in [1.165, 1.54) is 6.07 Å². The van der Waals surface area contributed by atoms with Crippen LogP contribution in [0.15, 0.2) is 18.2 Å². The fraction of sp³-hybridized carbons (Fsp3) is 0.500. The molecule has 0 radical (unpaired) electrons. The number of hydrogen-bond donors (Lipinski definition) is 0. The Bertz CT molecular complexity index is 391. The molecule has 1 rings (SSSR count). The molecule has 0 fully saturated rings. The van der Waals surface area contributed by atoms with Crippen molar-refractivity contribution >= 4 is 17.3 Å². The summed E-state index contributed by atoms with van der Waals surface area (Å²) in [5.41, 5.74) is 1.85. The van der Waals surface area contributed by atoms with Gasteiger partial charge < -0.3 is 0 Å². The molecule has 1 aromatic rings. The van der Waals surface area contributed by atoms with Gasteiger partial charge in [0.1, 0.15) is 0 Å². The van der Waals surface area contributed by atoms with Crippen LogP contribution in [0.4, 0.5) is 5.69 Å². The van der Waals surface area contributed by atoms with Crippen molar-refractivity contribution in [1.82, 2.24) is 0 Å². The first-order valence-electron chi connectivity index (χ1n) is 5.30. The number of alkyl halides is 1. The highest BCUT2D eigenvalue weighted by Gasteiger charge is 2.20. The zero-order valence-electron chi connectivity index (χ0n) is 9.74. The minimum atomic E-state index is -0.341. The Kier molecular flexibility index (Phi) is 4.30. The van der Waals surface area contributed by atoms with Crippen molar-refractivity contribution in [2.75, 3.05) is 0 Å². The Morgan fingerprint density at radius 2 is 2.06 bits per heavy atom. The molecule has 0 saturated heterocycles. The number of hydrogen-bond acceptors (Lipinski definition) is 2. The molecule has 16 heavy (non-hydrogen) atoms. The molecule has 1 aromatic carbocycles. The van der Waals surface area contributed by atoms with Gasteiger partial charge in [0.05, 0.1) is 4.92 Å². The van der Waals surface area contributed by atoms with Crippen LogP contribution in [-0.4, -0.2) is 10.3 Å². The third-order valence-electron chi connectivity index (χ3n) is 2.70. The van der Waals surface area contributed by atoms with Gasteiger partial charge in [-0.25, -0.2) is 0 Å². The quantitative estimate of drug-likeness (QED) is 0.458. The van der Waals surface area contributed by atoms with Gasteiger partial charge in [-0.3, -0.25) is 10.1 Å². The highest BCUT2D eigenvalue weighted by molar-refractivity contribution is 6.20. The van der Waals surface area contributed by atoms with E-state index in [1.807, 2.05) is 26.8 Å². The second-order valence-corrected chi connectivity index (χ2v) is 4.85. The normalized spacial score (nSPS) is 12.8. The van der Waals surface area contributed by atoms with E-state index in [1.54, 1.807) is 6.07 Å². The van der Waals surface area contributed by atoms with Crippen molar-refractivity contribution in [3.05, 3.63) is 39.4 Å². The van der Waals surface area contributed by atoms with Gasteiger partial charge in [-0.15, -0.1) is 11.6 Å². The summed E-state index contributed by atoms with van der Waals surface area (Å²) in [5, 5.41) is 10.8. The summed E-state index contributed by atoms with van der Waals surface area (Å²) in [6.45, 7) is 5.91. The average molecular weight is 242 g/mol. The monoisotopic (exact) mass is 241 g/mol. The minimum Gasteiger partial charge on any atom is -0.258 e. The first-order chi connectivity index (χ1) is 7.43. The molecule has 0 bridgehead atoms. The molecule has 0 heterocycles. The lowest BCUT2D eigenvalue weighted by Gasteiger charge is -2.14. The van der Waals surface area contributed by atoms with Gasteiger partial charge in [0, 0.05) is 17.0 Å². The predicted octanol–water partition coefficient (Wildman–Crippen LogP) is 3.71. The number of nitro groups is 1. The van der Waals surface area contributed by atoms with E-state index in [9.17, 15) is 10.1 Å². The van der Waals surface area contributed by atoms with Gasteiger partial charge in [0.2, 0.25) is 0 Å². The van der Waals surface area contributed by atoms with Crippen molar-refractivity contribution < 1.29 is 4.92 Å². The third kappa shape index (κ3) is 2.95. The maximum Gasteiger partial charge on any atom is 0.272 e. The molecular weight excluding hydrogens is 226 g/mol. The van der Waals surface area contributed by atoms with Gasteiger partial charge in [0.15, 0.2) is 0 Å². The number of benzene rings is 1. The van der Waals surface area contributed by atoms with Crippen LogP contribution < -0.4 is 0 Å². The maximum atomic E-state index is 10.9. The van der Waals surface area contributed by atoms with E-state index >= 15 is 0 Å². The van der Waals surface area contributed by atoms with E-state index in [0.717, 1.165) is 11.1 Å². The molecule has 0 spiro atoms. The summed E-state index contributed by atoms with van der Waals surface area (Å²) in [7, 11) is 0. The predicted molar refractivity (Wildman–Crippen MR) is 66.0 cm³/mol. The maximum absolute atomic E-state index is 10.9. The SMILES string of the molecule is Cc1cccc([N+](=O)[O-])c1CC(Cl)C(C)C. The molecule has 88 valence electrons. The Morgan fingerprint density at radius 3 is 2.56 bits per heavy atom. The zero-order chi connectivity index (χ0) is 12.3. The molecule has 0 saturated carbocycles. The van der Waals surface area contributed by atoms with E-state index in [4.69, 9.17) is 11.6 Å². The molecule has 0 aliphatic carbocycles. The van der Waals surface area contributed by atoms with Crippen LogP contribution in [-0.2, 0) is 6.42 Å². The molecule has 0 aromatic heterocycles. The number of rotatable bonds is 4. The van der Waals surface area contributed by atoms with Gasteiger partial charge in [-0.05, 0) is 24.8 Å². The number of halogens is 1. The van der Waals surface area contributed by atoms with Crippen molar-refractivity contribution in [1.29, 1.82) is 0 Å². The van der Waals surface area contributed by atoms with Crippen molar-refractivity contribution in [3.63, 3.8) is 0 Å². The van der Waals surface area contributed by atoms with Gasteiger partial charge in [0.25, 0.3) is 5.69 Å². The smallest absolute Gasteiger partial charge is 0.258 e. The summed E-state index contributed by atoms with van der Waals surface area (Å²) in [6.07, 6.45) is 0.544. The topological polar surface area (TPSA) is 43.1 Å². The van der Waals surface area contributed by atoms with E-state index < -0.39 is 0 Å². The van der Waals surface area contributed by atoms with Crippen LogP contribution in [0.25, 0.3) is 0 Å². The standard InChI is InChI=1S/C12H16ClNO2/c1-8(2)11(13)7-10-9(3)5-4-6-12(10)14(15)16/h4-6,8,11H,7H2,1-3H3. The second kappa shape index (κ2) is 5.30. The first-order valence-corrected chi connectivity index (χ1v) is 5.74. The number of nitrogens with zero attached hydrogens (tertiary/aromatic N) is 1. The Labute approximate surface area is 101 Å². The number of aryl methyl sites for hydroxylation is 1. The van der Waals surface area contributed by atoms with E-state index in [0.29, 0.717) is 12.3 Å². The number of nitro benzene ring substituents is 1. The molecular formula is C12H16ClNO2. The Balaban J connectivity index is 3.06. The fourth-order valence-corrected chi connectivity index (χ4v) is 1.71. The molecule has 1 atom stereocenters. The Hall–Kier alpha value is -1.09. The molecule has 1 unspecified atom stereocenters. The lowest BCUT2D eigenvalue weighted by atomic mass is 9.97. The van der Waals surface area contributed by atoms with Crippen LogP contribution in [0.3, 0.4) is 0 Å². The Morgan fingerprint density at radius 1 is 1.44 bits per heavy atom. The zero-order valence-corrected chi connectivity index (χ0v) is 10.5. The van der Waals surface area contributed by atoms with Crippen LogP contribution in [0, 0.1) is 23.0 Å². The molecule has 0 aliphatic rings. The molecule has 3 nitrogen and oxygen atoms in total. The van der Waals surface area contributed by atoms with E-state index in [2.05, 4.69) is 0 Å². The largest absolute Gasteiger partial charge is 0.272 e. The van der Waals surface area contributed by atoms with Crippen LogP contribution >= 0.6 is 11.6 Å². The van der Waals surface area contributed by atoms with Gasteiger partial charge in [-0.2, -0.15) is 0 Å². The summed E-state index contributed by atoms with van der Waals surface area (Å²) >= 11 is 6.18. The lowest BCUT2D eigenvalue weighted by Crippen LogP contribution is -2.13. The average Bonchev–Trinajstić information content (AvgIpc) is 2.20. The van der Waals surface area contributed by atoms with Crippen LogP contribution in [0.2, 0.25) is 0 Å². The minimum absolute atomic E-state index is 0.0696. The lowest BCUT2D eigenvalue weighted by molar-refractivity contribution is -0.385. The highest BCUT2D eigenvalue weighted by atomic mass is 35.5. The van der Waals surface area contributed by atoms with Crippen LogP contribution in [0.5, 0.6) is 0 Å². The summed E-state index contributed by atoms with van der Waals surface area (Å²) in [5.74, 6) is 0.306. The summed E-state index contributed by atoms with van der Waals surface area (Å²) < 4.78 is 0. The summed E-state index contributed by atoms with van der Waals surface area (Å²) in [6, 6.07) is 5.12. The molecule has 0 N–H and O–H groups in total. The van der Waals surface area contributed by atoms with Gasteiger partial charge in [-0.1, -0.05) is 26.0 Å². The van der Waals surface area contributed by atoms with Crippen molar-refractivity contribution in [2.45, 2.75) is 32.6 Å². The molecule has 0 amide bonds. The van der Waals surface area contributed by atoms with E-state index in [-0.39, 0.29) is 16.0 Å². The van der Waals surface area contributed by atoms with Crippen LogP contribution in [0.1, 0.15) is 25.0 Å². The van der Waals surface area contributed by atoms with Crippen molar-refractivity contribution in [3.8, 4) is 0 Å². The first kappa shape index (κ1) is 13.0. The second-order valence-electron chi connectivity index (χ2n) is 4.29. The van der Waals surface area contributed by atoms with Gasteiger partial charge >= 0.3 is 0 Å². The highest BCUT2D eigenvalue weighted by Crippen LogP contribution is 2.26. The third-order valence-corrected chi connectivity index (χ3v) is 3.36. The summed E-state index contributed by atoms with van der Waals surface area (Å²) in [4.78, 5) is 10.5. The molecule has 4 heteroatoms.